The molecule has 0 aliphatic rings. The van der Waals surface area contributed by atoms with Crippen molar-refractivity contribution in [1.29, 1.82) is 0 Å². The summed E-state index contributed by atoms with van der Waals surface area (Å²) in [5.74, 6) is 0.715. The van der Waals surface area contributed by atoms with Gasteiger partial charge in [0.2, 0.25) is 0 Å². The molecular weight excluding hydrogens is 344 g/mol. The first-order valence-corrected chi connectivity index (χ1v) is 8.33. The number of nitro groups is 1. The Balaban J connectivity index is 1.92. The lowest BCUT2D eigenvalue weighted by atomic mass is 10.0. The van der Waals surface area contributed by atoms with Gasteiger partial charge < -0.3 is 14.8 Å². The van der Waals surface area contributed by atoms with E-state index >= 15 is 0 Å². The van der Waals surface area contributed by atoms with E-state index in [1.807, 2.05) is 42.5 Å². The van der Waals surface area contributed by atoms with E-state index < -0.39 is 4.92 Å². The smallest absolute Gasteiger partial charge is 0.269 e. The molecule has 0 bridgehead atoms. The molecule has 0 aromatic heterocycles. The van der Waals surface area contributed by atoms with E-state index in [4.69, 9.17) is 4.74 Å². The van der Waals surface area contributed by atoms with Gasteiger partial charge in [-0.05, 0) is 41.5 Å². The van der Waals surface area contributed by atoms with E-state index in [-0.39, 0.29) is 5.69 Å². The summed E-state index contributed by atoms with van der Waals surface area (Å²) >= 11 is 0. The molecule has 0 atom stereocenters. The molecule has 1 N–H and O–H groups in total. The van der Waals surface area contributed by atoms with Crippen LogP contribution in [0.2, 0.25) is 0 Å². The van der Waals surface area contributed by atoms with Crippen molar-refractivity contribution < 1.29 is 14.5 Å². The molecule has 3 aromatic rings. The Labute approximate surface area is 156 Å². The average Bonchev–Trinajstić information content (AvgIpc) is 2.69. The standard InChI is InChI=1S/C21H18N2O4/c1-27-21-10-7-18(22-17-5-8-19(9-6-17)23(25)26)14-20(21)16-4-2-3-15(13-16)11-12-24/h2-10,12-14,22H,11H2,1H3. The molecule has 6 nitrogen and oxygen atoms in total. The number of carbonyl (C=O) groups excluding carboxylic acids is 1. The van der Waals surface area contributed by atoms with Crippen molar-refractivity contribution in [1.82, 2.24) is 0 Å². The summed E-state index contributed by atoms with van der Waals surface area (Å²) in [7, 11) is 1.61. The second kappa shape index (κ2) is 8.14. The molecule has 136 valence electrons. The molecule has 0 heterocycles. The van der Waals surface area contributed by atoms with Crippen molar-refractivity contribution in [3.05, 3.63) is 82.4 Å². The fourth-order valence-corrected chi connectivity index (χ4v) is 2.81. The Morgan fingerprint density at radius 2 is 1.78 bits per heavy atom. The zero-order valence-corrected chi connectivity index (χ0v) is 14.7. The van der Waals surface area contributed by atoms with Crippen LogP contribution in [-0.2, 0) is 11.2 Å². The van der Waals surface area contributed by atoms with E-state index in [1.165, 1.54) is 12.1 Å². The van der Waals surface area contributed by atoms with Crippen molar-refractivity contribution in [3.8, 4) is 16.9 Å². The highest BCUT2D eigenvalue weighted by atomic mass is 16.6. The molecule has 27 heavy (non-hydrogen) atoms. The maximum absolute atomic E-state index is 10.8. The van der Waals surface area contributed by atoms with Crippen LogP contribution in [0.1, 0.15) is 5.56 Å². The van der Waals surface area contributed by atoms with Crippen molar-refractivity contribution >= 4 is 23.3 Å². The number of anilines is 2. The summed E-state index contributed by atoms with van der Waals surface area (Å²) in [5.41, 5.74) is 4.36. The molecule has 3 rings (SSSR count). The van der Waals surface area contributed by atoms with Gasteiger partial charge in [-0.2, -0.15) is 0 Å². The van der Waals surface area contributed by atoms with Crippen LogP contribution in [0, 0.1) is 10.1 Å². The number of benzene rings is 3. The van der Waals surface area contributed by atoms with E-state index in [9.17, 15) is 14.9 Å². The molecule has 0 fully saturated rings. The number of ether oxygens (including phenoxy) is 1. The van der Waals surface area contributed by atoms with Gasteiger partial charge in [-0.3, -0.25) is 10.1 Å². The van der Waals surface area contributed by atoms with Crippen LogP contribution in [0.3, 0.4) is 0 Å². The van der Waals surface area contributed by atoms with Crippen LogP contribution in [0.4, 0.5) is 17.1 Å². The van der Waals surface area contributed by atoms with Crippen LogP contribution >= 0.6 is 0 Å². The summed E-state index contributed by atoms with van der Waals surface area (Å²) in [4.78, 5) is 21.1. The monoisotopic (exact) mass is 362 g/mol. The first kappa shape index (κ1) is 18.1. The van der Waals surface area contributed by atoms with Gasteiger partial charge in [0, 0.05) is 35.5 Å². The zero-order valence-electron chi connectivity index (χ0n) is 14.7. The highest BCUT2D eigenvalue weighted by Crippen LogP contribution is 2.34. The van der Waals surface area contributed by atoms with Crippen LogP contribution < -0.4 is 10.1 Å². The summed E-state index contributed by atoms with van der Waals surface area (Å²) in [5, 5.41) is 14.0. The van der Waals surface area contributed by atoms with Gasteiger partial charge in [0.15, 0.2) is 0 Å². The zero-order chi connectivity index (χ0) is 19.2. The second-order valence-corrected chi connectivity index (χ2v) is 5.92. The van der Waals surface area contributed by atoms with Crippen molar-refractivity contribution in [3.63, 3.8) is 0 Å². The topological polar surface area (TPSA) is 81.5 Å². The SMILES string of the molecule is COc1ccc(Nc2ccc([N+](=O)[O-])cc2)cc1-c1cccc(CC=O)c1. The van der Waals surface area contributed by atoms with Gasteiger partial charge in [-0.1, -0.05) is 24.3 Å². The summed E-state index contributed by atoms with van der Waals surface area (Å²) in [6, 6.07) is 19.6. The predicted molar refractivity (Wildman–Crippen MR) is 105 cm³/mol. The lowest BCUT2D eigenvalue weighted by Crippen LogP contribution is -1.95. The Morgan fingerprint density at radius 3 is 2.44 bits per heavy atom. The maximum atomic E-state index is 10.8. The number of nitrogens with zero attached hydrogens (tertiary/aromatic N) is 1. The van der Waals surface area contributed by atoms with Gasteiger partial charge in [0.25, 0.3) is 5.69 Å². The Bertz CT molecular complexity index is 968. The van der Waals surface area contributed by atoms with Crippen LogP contribution in [-0.4, -0.2) is 18.3 Å². The lowest BCUT2D eigenvalue weighted by molar-refractivity contribution is -0.384. The third-order valence-corrected chi connectivity index (χ3v) is 4.12. The number of methoxy groups -OCH3 is 1. The molecule has 3 aromatic carbocycles. The average molecular weight is 362 g/mol. The quantitative estimate of drug-likeness (QED) is 0.372. The largest absolute Gasteiger partial charge is 0.496 e. The number of hydrogen-bond donors (Lipinski definition) is 1. The van der Waals surface area contributed by atoms with E-state index in [0.717, 1.165) is 34.4 Å². The Morgan fingerprint density at radius 1 is 1.04 bits per heavy atom. The maximum Gasteiger partial charge on any atom is 0.269 e. The van der Waals surface area contributed by atoms with E-state index in [2.05, 4.69) is 5.32 Å². The molecule has 0 unspecified atom stereocenters. The minimum absolute atomic E-state index is 0.0444. The molecule has 0 saturated carbocycles. The van der Waals surface area contributed by atoms with Crippen LogP contribution in [0.15, 0.2) is 66.7 Å². The molecule has 0 saturated heterocycles. The molecule has 0 aliphatic carbocycles. The fourth-order valence-electron chi connectivity index (χ4n) is 2.81. The van der Waals surface area contributed by atoms with Crippen LogP contribution in [0.25, 0.3) is 11.1 Å². The van der Waals surface area contributed by atoms with E-state index in [1.54, 1.807) is 19.2 Å². The van der Waals surface area contributed by atoms with Crippen molar-refractivity contribution in [2.45, 2.75) is 6.42 Å². The normalized spacial score (nSPS) is 10.3. The van der Waals surface area contributed by atoms with Gasteiger partial charge in [0.05, 0.1) is 12.0 Å². The molecule has 0 amide bonds. The highest BCUT2D eigenvalue weighted by Gasteiger charge is 2.09. The van der Waals surface area contributed by atoms with Gasteiger partial charge >= 0.3 is 0 Å². The summed E-state index contributed by atoms with van der Waals surface area (Å²) in [6.45, 7) is 0. The molecular formula is C21H18N2O4. The number of nitrogens with one attached hydrogen (secondary N) is 1. The molecule has 6 heteroatoms. The summed E-state index contributed by atoms with van der Waals surface area (Å²) in [6.07, 6.45) is 1.24. The molecule has 0 spiro atoms. The van der Waals surface area contributed by atoms with Gasteiger partial charge in [-0.15, -0.1) is 0 Å². The highest BCUT2D eigenvalue weighted by molar-refractivity contribution is 5.77. The minimum atomic E-state index is -0.429. The molecule has 0 radical (unpaired) electrons. The third kappa shape index (κ3) is 4.30. The van der Waals surface area contributed by atoms with E-state index in [0.29, 0.717) is 12.2 Å². The predicted octanol–water partition coefficient (Wildman–Crippen LogP) is 4.76. The van der Waals surface area contributed by atoms with Gasteiger partial charge in [0.1, 0.15) is 12.0 Å². The van der Waals surface area contributed by atoms with Gasteiger partial charge in [-0.25, -0.2) is 0 Å². The number of aldehydes is 1. The Kier molecular flexibility index (Phi) is 5.47. The second-order valence-electron chi connectivity index (χ2n) is 5.92. The number of hydrogen-bond acceptors (Lipinski definition) is 5. The number of rotatable bonds is 7. The minimum Gasteiger partial charge on any atom is -0.496 e. The lowest BCUT2D eigenvalue weighted by Gasteiger charge is -2.13. The van der Waals surface area contributed by atoms with Crippen molar-refractivity contribution in [2.24, 2.45) is 0 Å². The third-order valence-electron chi connectivity index (χ3n) is 4.12. The first-order valence-electron chi connectivity index (χ1n) is 8.33. The van der Waals surface area contributed by atoms with Crippen molar-refractivity contribution in [2.75, 3.05) is 12.4 Å². The fraction of sp³-hybridized carbons (Fsp3) is 0.0952. The number of carbonyl (C=O) groups is 1. The summed E-state index contributed by atoms with van der Waals surface area (Å²) < 4.78 is 5.47. The number of nitro benzene ring substituents is 1. The molecule has 0 aliphatic heterocycles. The van der Waals surface area contributed by atoms with Crippen LogP contribution in [0.5, 0.6) is 5.75 Å². The first-order chi connectivity index (χ1) is 13.1. The Hall–Kier alpha value is -3.67. The number of non-ortho nitro benzene ring substituents is 1.